The Bertz CT molecular complexity index is 724. The van der Waals surface area contributed by atoms with E-state index >= 15 is 0 Å². The number of carbonyl (C=O) groups excluding carboxylic acids is 2. The SMILES string of the molecule is CC(C)Oc1cccc(C=C2SC(=O)NC2=O)c1N1CCCC(N)C1.Cl. The molecule has 0 aliphatic carbocycles. The molecule has 2 fully saturated rings. The number of imide groups is 1. The van der Waals surface area contributed by atoms with Gasteiger partial charge >= 0.3 is 0 Å². The molecule has 0 radical (unpaired) electrons. The molecule has 0 saturated carbocycles. The molecule has 3 N–H and O–H groups in total. The number of para-hydroxylation sites is 1. The minimum absolute atomic E-state index is 0. The van der Waals surface area contributed by atoms with Crippen LogP contribution in [0, 0.1) is 0 Å². The van der Waals surface area contributed by atoms with E-state index in [4.69, 9.17) is 10.5 Å². The second-order valence-corrected chi connectivity index (χ2v) is 7.58. The smallest absolute Gasteiger partial charge is 0.290 e. The van der Waals surface area contributed by atoms with Gasteiger partial charge in [-0.2, -0.15) is 0 Å². The number of hydrogen-bond donors (Lipinski definition) is 2. The van der Waals surface area contributed by atoms with E-state index in [1.807, 2.05) is 32.0 Å². The Hall–Kier alpha value is -1.70. The first-order valence-electron chi connectivity index (χ1n) is 8.49. The minimum atomic E-state index is -0.355. The van der Waals surface area contributed by atoms with E-state index in [1.165, 1.54) is 0 Å². The van der Waals surface area contributed by atoms with Gasteiger partial charge in [0.2, 0.25) is 0 Å². The van der Waals surface area contributed by atoms with Gasteiger partial charge in [0.05, 0.1) is 16.7 Å². The predicted octanol–water partition coefficient (Wildman–Crippen LogP) is 3.15. The Labute approximate surface area is 163 Å². The first kappa shape index (κ1) is 20.6. The molecule has 0 bridgehead atoms. The highest BCUT2D eigenvalue weighted by Gasteiger charge is 2.27. The summed E-state index contributed by atoms with van der Waals surface area (Å²) in [7, 11) is 0. The lowest BCUT2D eigenvalue weighted by Gasteiger charge is -2.35. The number of nitrogens with two attached hydrogens (primary N) is 1. The van der Waals surface area contributed by atoms with Crippen molar-refractivity contribution in [2.24, 2.45) is 5.73 Å². The van der Waals surface area contributed by atoms with Crippen LogP contribution in [0.5, 0.6) is 5.75 Å². The molecule has 142 valence electrons. The van der Waals surface area contributed by atoms with Crippen LogP contribution in [0.4, 0.5) is 10.5 Å². The van der Waals surface area contributed by atoms with Gasteiger partial charge in [0.25, 0.3) is 11.1 Å². The van der Waals surface area contributed by atoms with Crippen molar-refractivity contribution in [3.8, 4) is 5.75 Å². The van der Waals surface area contributed by atoms with Crippen molar-refractivity contribution in [2.45, 2.75) is 38.8 Å². The summed E-state index contributed by atoms with van der Waals surface area (Å²) in [5.74, 6) is 0.416. The number of amides is 2. The molecule has 26 heavy (non-hydrogen) atoms. The van der Waals surface area contributed by atoms with Crippen LogP contribution in [-0.4, -0.2) is 36.4 Å². The fourth-order valence-electron chi connectivity index (χ4n) is 3.12. The van der Waals surface area contributed by atoms with Crippen LogP contribution in [0.1, 0.15) is 32.3 Å². The average Bonchev–Trinajstić information content (AvgIpc) is 2.84. The van der Waals surface area contributed by atoms with E-state index in [0.717, 1.165) is 54.7 Å². The highest BCUT2D eigenvalue weighted by Crippen LogP contribution is 2.37. The Kier molecular flexibility index (Phi) is 6.97. The van der Waals surface area contributed by atoms with Gasteiger partial charge < -0.3 is 15.4 Å². The molecule has 2 aliphatic rings. The van der Waals surface area contributed by atoms with E-state index in [-0.39, 0.29) is 35.7 Å². The summed E-state index contributed by atoms with van der Waals surface area (Å²) < 4.78 is 6.00. The van der Waals surface area contributed by atoms with Crippen LogP contribution in [0.3, 0.4) is 0 Å². The van der Waals surface area contributed by atoms with Crippen LogP contribution in [0.2, 0.25) is 0 Å². The second-order valence-electron chi connectivity index (χ2n) is 6.56. The quantitative estimate of drug-likeness (QED) is 0.759. The van der Waals surface area contributed by atoms with Crippen molar-refractivity contribution >= 4 is 47.1 Å². The van der Waals surface area contributed by atoms with Crippen molar-refractivity contribution in [2.75, 3.05) is 18.0 Å². The number of anilines is 1. The number of carbonyl (C=O) groups is 2. The Morgan fingerprint density at radius 1 is 1.38 bits per heavy atom. The summed E-state index contributed by atoms with van der Waals surface area (Å²) in [6.07, 6.45) is 3.81. The minimum Gasteiger partial charge on any atom is -0.489 e. The van der Waals surface area contributed by atoms with Gasteiger partial charge in [-0.1, -0.05) is 12.1 Å². The maximum atomic E-state index is 11.9. The Morgan fingerprint density at radius 2 is 2.15 bits per heavy atom. The molecule has 1 unspecified atom stereocenters. The molecular formula is C18H24ClN3O3S. The molecular weight excluding hydrogens is 374 g/mol. The van der Waals surface area contributed by atoms with Gasteiger partial charge in [-0.25, -0.2) is 0 Å². The lowest BCUT2D eigenvalue weighted by atomic mass is 10.0. The number of ether oxygens (including phenoxy) is 1. The van der Waals surface area contributed by atoms with Gasteiger partial charge in [-0.15, -0.1) is 12.4 Å². The standard InChI is InChI=1S/C18H23N3O3S.ClH/c1-11(2)24-14-7-3-5-12(9-15-17(22)20-18(23)25-15)16(14)21-8-4-6-13(19)10-21;/h3,5,7,9,11,13H,4,6,8,10,19H2,1-2H3,(H,20,22,23);1H. The zero-order valence-electron chi connectivity index (χ0n) is 14.9. The average molecular weight is 398 g/mol. The molecule has 2 amide bonds. The maximum Gasteiger partial charge on any atom is 0.290 e. The number of hydrogen-bond acceptors (Lipinski definition) is 6. The molecule has 1 atom stereocenters. The first-order chi connectivity index (χ1) is 11.9. The van der Waals surface area contributed by atoms with E-state index in [9.17, 15) is 9.59 Å². The van der Waals surface area contributed by atoms with Gasteiger partial charge in [0, 0.05) is 24.7 Å². The molecule has 0 spiro atoms. The summed E-state index contributed by atoms with van der Waals surface area (Å²) in [6.45, 7) is 5.60. The third-order valence-corrected chi connectivity index (χ3v) is 4.91. The molecule has 2 heterocycles. The van der Waals surface area contributed by atoms with Crippen LogP contribution < -0.4 is 20.7 Å². The first-order valence-corrected chi connectivity index (χ1v) is 9.30. The number of nitrogens with zero attached hydrogens (tertiary/aromatic N) is 1. The fraction of sp³-hybridized carbons (Fsp3) is 0.444. The lowest BCUT2D eigenvalue weighted by molar-refractivity contribution is -0.115. The van der Waals surface area contributed by atoms with Gasteiger partial charge in [0.1, 0.15) is 5.75 Å². The monoisotopic (exact) mass is 397 g/mol. The zero-order valence-corrected chi connectivity index (χ0v) is 16.5. The normalized spacial score (nSPS) is 21.8. The maximum absolute atomic E-state index is 11.9. The van der Waals surface area contributed by atoms with Crippen LogP contribution in [0.15, 0.2) is 23.1 Å². The molecule has 3 rings (SSSR count). The van der Waals surface area contributed by atoms with E-state index < -0.39 is 0 Å². The van der Waals surface area contributed by atoms with Gasteiger partial charge in [0.15, 0.2) is 0 Å². The molecule has 6 nitrogen and oxygen atoms in total. The zero-order chi connectivity index (χ0) is 18.0. The van der Waals surface area contributed by atoms with E-state index in [1.54, 1.807) is 6.08 Å². The molecule has 8 heteroatoms. The van der Waals surface area contributed by atoms with Crippen molar-refractivity contribution < 1.29 is 14.3 Å². The Morgan fingerprint density at radius 3 is 2.77 bits per heavy atom. The number of piperidine rings is 1. The summed E-state index contributed by atoms with van der Waals surface area (Å²) in [5, 5.41) is 1.95. The molecule has 2 aliphatic heterocycles. The largest absolute Gasteiger partial charge is 0.489 e. The summed E-state index contributed by atoms with van der Waals surface area (Å²) in [6, 6.07) is 5.89. The van der Waals surface area contributed by atoms with Crippen LogP contribution in [-0.2, 0) is 4.79 Å². The molecule has 1 aromatic rings. The fourth-order valence-corrected chi connectivity index (χ4v) is 3.79. The van der Waals surface area contributed by atoms with E-state index in [0.29, 0.717) is 4.91 Å². The number of halogens is 1. The van der Waals surface area contributed by atoms with Crippen molar-refractivity contribution in [1.29, 1.82) is 0 Å². The van der Waals surface area contributed by atoms with Crippen LogP contribution in [0.25, 0.3) is 6.08 Å². The van der Waals surface area contributed by atoms with Gasteiger partial charge in [-0.3, -0.25) is 14.9 Å². The number of rotatable bonds is 4. The summed E-state index contributed by atoms with van der Waals surface area (Å²) in [5.41, 5.74) is 7.95. The topological polar surface area (TPSA) is 84.7 Å². The number of benzene rings is 1. The third-order valence-electron chi connectivity index (χ3n) is 4.10. The summed E-state index contributed by atoms with van der Waals surface area (Å²) in [4.78, 5) is 26.0. The van der Waals surface area contributed by atoms with Crippen molar-refractivity contribution in [1.82, 2.24) is 5.32 Å². The lowest BCUT2D eigenvalue weighted by Crippen LogP contribution is -2.43. The highest BCUT2D eigenvalue weighted by atomic mass is 35.5. The summed E-state index contributed by atoms with van der Waals surface area (Å²) >= 11 is 0.922. The van der Waals surface area contributed by atoms with Crippen molar-refractivity contribution in [3.05, 3.63) is 28.7 Å². The van der Waals surface area contributed by atoms with E-state index in [2.05, 4.69) is 10.2 Å². The Balaban J connectivity index is 0.00000243. The molecule has 1 aromatic carbocycles. The van der Waals surface area contributed by atoms with Gasteiger partial charge in [-0.05, 0) is 50.6 Å². The second kappa shape index (κ2) is 8.79. The van der Waals surface area contributed by atoms with Crippen molar-refractivity contribution in [3.63, 3.8) is 0 Å². The number of thioether (sulfide) groups is 1. The predicted molar refractivity (Wildman–Crippen MR) is 108 cm³/mol. The third kappa shape index (κ3) is 4.72. The molecule has 0 aromatic heterocycles. The highest BCUT2D eigenvalue weighted by molar-refractivity contribution is 8.18. The number of nitrogens with one attached hydrogen (secondary N) is 1. The molecule has 2 saturated heterocycles. The van der Waals surface area contributed by atoms with Crippen LogP contribution >= 0.6 is 24.2 Å².